The molecule has 5 rings (SSSR count). The number of benzene rings is 1. The van der Waals surface area contributed by atoms with Crippen LogP contribution in [0.2, 0.25) is 0 Å². The molecule has 3 N–H and O–H groups in total. The minimum absolute atomic E-state index is 0.196. The predicted molar refractivity (Wildman–Crippen MR) is 144 cm³/mol. The van der Waals surface area contributed by atoms with Gasteiger partial charge in [-0.25, -0.2) is 0 Å². The summed E-state index contributed by atoms with van der Waals surface area (Å²) in [6.07, 6.45) is 11.0. The Balaban J connectivity index is 1.21. The van der Waals surface area contributed by atoms with Crippen molar-refractivity contribution in [2.75, 3.05) is 7.11 Å². The van der Waals surface area contributed by atoms with Gasteiger partial charge < -0.3 is 20.1 Å². The Bertz CT molecular complexity index is 902. The molecule has 0 radical (unpaired) electrons. The Morgan fingerprint density at radius 2 is 1.58 bits per heavy atom. The summed E-state index contributed by atoms with van der Waals surface area (Å²) in [5.74, 6) is 4.82. The van der Waals surface area contributed by atoms with Crippen LogP contribution in [0.1, 0.15) is 103 Å². The third kappa shape index (κ3) is 4.33. The van der Waals surface area contributed by atoms with E-state index in [1.54, 1.807) is 7.11 Å². The third-order valence-electron chi connectivity index (χ3n) is 12.1. The van der Waals surface area contributed by atoms with Crippen LogP contribution in [-0.2, 0) is 0 Å². The van der Waals surface area contributed by atoms with Gasteiger partial charge in [0.2, 0.25) is 0 Å². The van der Waals surface area contributed by atoms with E-state index in [2.05, 4.69) is 20.8 Å². The second-order valence-corrected chi connectivity index (χ2v) is 13.6. The molecule has 1 aromatic carbocycles. The highest BCUT2D eigenvalue weighted by molar-refractivity contribution is 5.34. The van der Waals surface area contributed by atoms with Crippen LogP contribution in [0.5, 0.6) is 5.75 Å². The highest BCUT2D eigenvalue weighted by Gasteiger charge is 2.61. The molecule has 11 atom stereocenters. The number of methoxy groups -OCH3 is 1. The van der Waals surface area contributed by atoms with Crippen LogP contribution in [0, 0.1) is 46.3 Å². The first-order valence-electron chi connectivity index (χ1n) is 14.9. The van der Waals surface area contributed by atoms with E-state index in [0.717, 1.165) is 61.2 Å². The number of rotatable bonds is 7. The molecule has 0 amide bonds. The number of hydrogen-bond donors (Lipinski definition) is 3. The molecule has 0 aromatic heterocycles. The van der Waals surface area contributed by atoms with Crippen molar-refractivity contribution in [1.29, 1.82) is 0 Å². The number of hydrogen-bond acceptors (Lipinski definition) is 4. The molecule has 0 bridgehead atoms. The minimum Gasteiger partial charge on any atom is -0.496 e. The maximum absolute atomic E-state index is 10.8. The quantitative estimate of drug-likeness (QED) is 0.400. The van der Waals surface area contributed by atoms with Crippen LogP contribution >= 0.6 is 0 Å². The number of aliphatic hydroxyl groups excluding tert-OH is 3. The molecule has 0 spiro atoms. The lowest BCUT2D eigenvalue weighted by atomic mass is 9.44. The topological polar surface area (TPSA) is 69.9 Å². The average molecular weight is 499 g/mol. The van der Waals surface area contributed by atoms with E-state index in [1.165, 1.54) is 38.5 Å². The van der Waals surface area contributed by atoms with Gasteiger partial charge >= 0.3 is 0 Å². The highest BCUT2D eigenvalue weighted by atomic mass is 16.5. The summed E-state index contributed by atoms with van der Waals surface area (Å²) >= 11 is 0. The molecule has 202 valence electrons. The Kier molecular flexibility index (Phi) is 7.53. The molecule has 4 nitrogen and oxygen atoms in total. The van der Waals surface area contributed by atoms with Crippen LogP contribution in [0.25, 0.3) is 0 Å². The van der Waals surface area contributed by atoms with E-state index in [4.69, 9.17) is 4.74 Å². The normalized spacial score (nSPS) is 43.7. The van der Waals surface area contributed by atoms with Gasteiger partial charge in [-0.05, 0) is 110 Å². The summed E-state index contributed by atoms with van der Waals surface area (Å²) in [6, 6.07) is 7.84. The van der Waals surface area contributed by atoms with Crippen LogP contribution in [-0.4, -0.2) is 34.6 Å². The lowest BCUT2D eigenvalue weighted by Gasteiger charge is -2.62. The van der Waals surface area contributed by atoms with Gasteiger partial charge in [-0.2, -0.15) is 0 Å². The van der Waals surface area contributed by atoms with Crippen molar-refractivity contribution in [2.24, 2.45) is 46.3 Å². The van der Waals surface area contributed by atoms with Crippen molar-refractivity contribution in [3.63, 3.8) is 0 Å². The molecule has 4 fully saturated rings. The molecule has 0 saturated heterocycles. The summed E-state index contributed by atoms with van der Waals surface area (Å²) < 4.78 is 5.46. The Labute approximate surface area is 218 Å². The first kappa shape index (κ1) is 26.5. The summed E-state index contributed by atoms with van der Waals surface area (Å²) in [6.45, 7) is 7.53. The predicted octanol–water partition coefficient (Wildman–Crippen LogP) is 6.53. The summed E-state index contributed by atoms with van der Waals surface area (Å²) in [4.78, 5) is 0. The van der Waals surface area contributed by atoms with Gasteiger partial charge in [-0.15, -0.1) is 0 Å². The molecular weight excluding hydrogens is 448 g/mol. The first-order valence-corrected chi connectivity index (χ1v) is 14.9. The van der Waals surface area contributed by atoms with Gasteiger partial charge in [-0.3, -0.25) is 0 Å². The van der Waals surface area contributed by atoms with Gasteiger partial charge in [0.1, 0.15) is 5.75 Å². The second kappa shape index (κ2) is 10.2. The molecule has 4 aliphatic carbocycles. The molecule has 0 unspecified atom stereocenters. The lowest BCUT2D eigenvalue weighted by molar-refractivity contribution is -0.174. The average Bonchev–Trinajstić information content (AvgIpc) is 3.23. The Morgan fingerprint density at radius 3 is 2.36 bits per heavy atom. The zero-order valence-corrected chi connectivity index (χ0v) is 23.0. The summed E-state index contributed by atoms with van der Waals surface area (Å²) in [5.41, 5.74) is 1.53. The molecule has 0 aliphatic heterocycles. The van der Waals surface area contributed by atoms with Crippen molar-refractivity contribution in [3.8, 4) is 5.75 Å². The fourth-order valence-electron chi connectivity index (χ4n) is 10.2. The smallest absolute Gasteiger partial charge is 0.124 e. The molecule has 4 heteroatoms. The largest absolute Gasteiger partial charge is 0.496 e. The van der Waals surface area contributed by atoms with E-state index in [-0.39, 0.29) is 11.3 Å². The minimum atomic E-state index is -0.527. The number of ether oxygens (including phenoxy) is 1. The van der Waals surface area contributed by atoms with Crippen LogP contribution in [0.4, 0.5) is 0 Å². The number of aliphatic hydroxyl groups is 3. The van der Waals surface area contributed by atoms with Crippen LogP contribution in [0.3, 0.4) is 0 Å². The van der Waals surface area contributed by atoms with Gasteiger partial charge in [0.05, 0.1) is 25.4 Å². The van der Waals surface area contributed by atoms with Gasteiger partial charge in [-0.1, -0.05) is 51.8 Å². The fraction of sp³-hybridized carbons (Fsp3) is 0.812. The van der Waals surface area contributed by atoms with Crippen molar-refractivity contribution < 1.29 is 20.1 Å². The maximum Gasteiger partial charge on any atom is 0.124 e. The number of fused-ring (bicyclic) bond motifs is 5. The number of para-hydroxylation sites is 1. The zero-order chi connectivity index (χ0) is 25.7. The van der Waals surface area contributed by atoms with Crippen molar-refractivity contribution in [2.45, 2.75) is 110 Å². The van der Waals surface area contributed by atoms with E-state index >= 15 is 0 Å². The van der Waals surface area contributed by atoms with Crippen molar-refractivity contribution in [3.05, 3.63) is 29.8 Å². The van der Waals surface area contributed by atoms with Gasteiger partial charge in [0.25, 0.3) is 0 Å². The van der Waals surface area contributed by atoms with Gasteiger partial charge in [0, 0.05) is 5.56 Å². The summed E-state index contributed by atoms with van der Waals surface area (Å²) in [5, 5.41) is 32.0. The Morgan fingerprint density at radius 1 is 0.889 bits per heavy atom. The lowest BCUT2D eigenvalue weighted by Crippen LogP contribution is -2.58. The second-order valence-electron chi connectivity index (χ2n) is 13.6. The Hall–Kier alpha value is -1.10. The molecule has 1 aromatic rings. The third-order valence-corrected chi connectivity index (χ3v) is 12.1. The zero-order valence-electron chi connectivity index (χ0n) is 23.0. The van der Waals surface area contributed by atoms with Crippen LogP contribution in [0.15, 0.2) is 24.3 Å². The van der Waals surface area contributed by atoms with Crippen LogP contribution < -0.4 is 4.74 Å². The van der Waals surface area contributed by atoms with Gasteiger partial charge in [0.15, 0.2) is 0 Å². The monoisotopic (exact) mass is 498 g/mol. The SMILES string of the molecule is COc1ccccc1[C@H](O)CCC[C@@H](C)[C@H]1CC[C@H]2[C@@H]3CC[C@H]4[C@@H](O)[C@@H](O)CC[C@]4(C)[C@H]3CC[C@]12C. The van der Waals surface area contributed by atoms with Crippen molar-refractivity contribution >= 4 is 0 Å². The molecular formula is C32H50O4. The molecule has 36 heavy (non-hydrogen) atoms. The standard InChI is InChI=1S/C32H50O4/c1-20(8-7-10-27(33)22-9-5-6-11-29(22)36-4)23-14-15-24-21-12-13-26-30(35)28(34)17-19-32(26,3)25(21)16-18-31(23,24)2/h5-6,9,11,20-21,23-28,30,33-35H,7-8,10,12-19H2,1-4H3/t20-,21+,23-,24+,25+,26+,27-,28+,30-,31-,32-/m1/s1. The van der Waals surface area contributed by atoms with E-state index < -0.39 is 18.3 Å². The van der Waals surface area contributed by atoms with E-state index in [9.17, 15) is 15.3 Å². The first-order chi connectivity index (χ1) is 17.2. The van der Waals surface area contributed by atoms with E-state index in [1.807, 2.05) is 24.3 Å². The molecule has 4 aliphatic rings. The highest BCUT2D eigenvalue weighted by Crippen LogP contribution is 2.68. The van der Waals surface area contributed by atoms with Crippen molar-refractivity contribution in [1.82, 2.24) is 0 Å². The molecule has 0 heterocycles. The maximum atomic E-state index is 10.8. The fourth-order valence-corrected chi connectivity index (χ4v) is 10.2. The van der Waals surface area contributed by atoms with E-state index in [0.29, 0.717) is 17.3 Å². The summed E-state index contributed by atoms with van der Waals surface area (Å²) in [7, 11) is 1.67. The molecule has 4 saturated carbocycles.